The Kier molecular flexibility index (Phi) is 4.35. The van der Waals surface area contributed by atoms with Gasteiger partial charge in [0.25, 0.3) is 0 Å². The van der Waals surface area contributed by atoms with Crippen LogP contribution in [-0.2, 0) is 0 Å². The second-order valence-corrected chi connectivity index (χ2v) is 3.51. The van der Waals surface area contributed by atoms with Crippen molar-refractivity contribution in [1.82, 2.24) is 0 Å². The summed E-state index contributed by atoms with van der Waals surface area (Å²) in [7, 11) is 0. The van der Waals surface area contributed by atoms with Crippen molar-refractivity contribution in [2.75, 3.05) is 0 Å². The van der Waals surface area contributed by atoms with Gasteiger partial charge in [-0.2, -0.15) is 0 Å². The largest absolute Gasteiger partial charge is 0.118 e. The molecule has 0 aromatic rings. The molecule has 1 rings (SSSR count). The summed E-state index contributed by atoms with van der Waals surface area (Å²) < 4.78 is 0. The first-order valence-electron chi connectivity index (χ1n) is 5.07. The molecule has 0 atom stereocenters. The van der Waals surface area contributed by atoms with Crippen molar-refractivity contribution in [2.45, 2.75) is 38.5 Å². The molecule has 0 nitrogen and oxygen atoms in total. The van der Waals surface area contributed by atoms with Gasteiger partial charge in [-0.1, -0.05) is 25.2 Å². The molecule has 0 aromatic carbocycles. The molecule has 0 unspecified atom stereocenters. The molecule has 0 aliphatic heterocycles. The Morgan fingerprint density at radius 3 is 2.46 bits per heavy atom. The Morgan fingerprint density at radius 2 is 1.92 bits per heavy atom. The first kappa shape index (κ1) is 10.1. The van der Waals surface area contributed by atoms with Crippen LogP contribution in [0.15, 0.2) is 42.2 Å². The van der Waals surface area contributed by atoms with Gasteiger partial charge >= 0.3 is 0 Å². The van der Waals surface area contributed by atoms with Gasteiger partial charge in [-0.25, -0.2) is 0 Å². The van der Waals surface area contributed by atoms with Gasteiger partial charge in [0.05, 0.1) is 0 Å². The van der Waals surface area contributed by atoms with Crippen LogP contribution in [0, 0.1) is 0 Å². The highest BCUT2D eigenvalue weighted by Crippen LogP contribution is 2.22. The zero-order valence-electron chi connectivity index (χ0n) is 8.31. The van der Waals surface area contributed by atoms with E-state index >= 15 is 0 Å². The lowest BCUT2D eigenvalue weighted by atomic mass is 9.95. The molecular formula is C13H18. The average Bonchev–Trinajstić information content (AvgIpc) is 2.19. The maximum Gasteiger partial charge on any atom is -0.00266 e. The highest BCUT2D eigenvalue weighted by molar-refractivity contribution is 5.21. The van der Waals surface area contributed by atoms with Crippen LogP contribution in [0.3, 0.4) is 0 Å². The molecule has 1 saturated carbocycles. The van der Waals surface area contributed by atoms with E-state index in [9.17, 15) is 0 Å². The van der Waals surface area contributed by atoms with Crippen LogP contribution >= 0.6 is 0 Å². The SMILES string of the molecule is C=CCC(=C=C1CCCCC1)C=C. The lowest BCUT2D eigenvalue weighted by molar-refractivity contribution is 0.600. The highest BCUT2D eigenvalue weighted by atomic mass is 14.1. The average molecular weight is 174 g/mol. The second-order valence-electron chi connectivity index (χ2n) is 3.51. The van der Waals surface area contributed by atoms with Crippen LogP contribution < -0.4 is 0 Å². The normalized spacial score (nSPS) is 16.2. The van der Waals surface area contributed by atoms with Crippen LogP contribution in [-0.4, -0.2) is 0 Å². The van der Waals surface area contributed by atoms with E-state index in [2.05, 4.69) is 18.9 Å². The molecule has 0 spiro atoms. The summed E-state index contributed by atoms with van der Waals surface area (Å²) in [6, 6.07) is 0. The van der Waals surface area contributed by atoms with Crippen molar-refractivity contribution in [3.05, 3.63) is 42.2 Å². The third-order valence-corrected chi connectivity index (χ3v) is 2.41. The molecule has 0 heterocycles. The van der Waals surface area contributed by atoms with E-state index in [1.165, 1.54) is 43.3 Å². The molecule has 0 heteroatoms. The molecule has 1 fully saturated rings. The van der Waals surface area contributed by atoms with Crippen molar-refractivity contribution in [2.24, 2.45) is 0 Å². The lowest BCUT2D eigenvalue weighted by Crippen LogP contribution is -1.92. The topological polar surface area (TPSA) is 0 Å². The molecule has 70 valence electrons. The fraction of sp³-hybridized carbons (Fsp3) is 0.462. The van der Waals surface area contributed by atoms with E-state index in [1.807, 2.05) is 12.2 Å². The van der Waals surface area contributed by atoms with Crippen LogP contribution in [0.5, 0.6) is 0 Å². The van der Waals surface area contributed by atoms with Gasteiger partial charge in [-0.05, 0) is 43.3 Å². The minimum atomic E-state index is 0.896. The molecule has 0 amide bonds. The summed E-state index contributed by atoms with van der Waals surface area (Å²) in [5.74, 6) is 0. The molecule has 0 bridgehead atoms. The van der Waals surface area contributed by atoms with Gasteiger partial charge in [0.15, 0.2) is 0 Å². The Morgan fingerprint density at radius 1 is 1.23 bits per heavy atom. The Hall–Kier alpha value is -1.00. The Bertz CT molecular complexity index is 241. The second kappa shape index (κ2) is 5.61. The van der Waals surface area contributed by atoms with Crippen molar-refractivity contribution < 1.29 is 0 Å². The molecule has 0 radical (unpaired) electrons. The fourth-order valence-electron chi connectivity index (χ4n) is 1.67. The molecule has 1 aliphatic rings. The van der Waals surface area contributed by atoms with Crippen molar-refractivity contribution in [3.8, 4) is 0 Å². The van der Waals surface area contributed by atoms with Gasteiger partial charge < -0.3 is 0 Å². The Balaban J connectivity index is 2.75. The van der Waals surface area contributed by atoms with Gasteiger partial charge in [-0.3, -0.25) is 0 Å². The van der Waals surface area contributed by atoms with E-state index in [1.54, 1.807) is 0 Å². The first-order valence-corrected chi connectivity index (χ1v) is 5.07. The van der Waals surface area contributed by atoms with Gasteiger partial charge in [0.1, 0.15) is 0 Å². The highest BCUT2D eigenvalue weighted by Gasteiger charge is 2.03. The smallest absolute Gasteiger partial charge is 0.00266 e. The predicted octanol–water partition coefficient (Wildman–Crippen LogP) is 4.16. The molecule has 0 aromatic heterocycles. The van der Waals surface area contributed by atoms with Crippen LogP contribution in [0.25, 0.3) is 0 Å². The summed E-state index contributed by atoms with van der Waals surface area (Å²) in [5, 5.41) is 0. The van der Waals surface area contributed by atoms with Gasteiger partial charge in [0, 0.05) is 0 Å². The third kappa shape index (κ3) is 3.48. The predicted molar refractivity (Wildman–Crippen MR) is 58.6 cm³/mol. The minimum absolute atomic E-state index is 0.896. The zero-order valence-corrected chi connectivity index (χ0v) is 8.31. The maximum absolute atomic E-state index is 3.78. The zero-order chi connectivity index (χ0) is 9.52. The molecular weight excluding hydrogens is 156 g/mol. The summed E-state index contributed by atoms with van der Waals surface area (Å²) in [5.41, 5.74) is 6.11. The summed E-state index contributed by atoms with van der Waals surface area (Å²) in [4.78, 5) is 0. The van der Waals surface area contributed by atoms with Crippen LogP contribution in [0.1, 0.15) is 38.5 Å². The Labute approximate surface area is 81.4 Å². The maximum atomic E-state index is 3.78. The minimum Gasteiger partial charge on any atom is -0.118 e. The first-order chi connectivity index (χ1) is 6.36. The standard InChI is InChI=1S/C13H18/c1-3-8-12(4-2)11-13-9-6-5-7-10-13/h3-4H,1-2,5-10H2. The van der Waals surface area contributed by atoms with E-state index in [0.29, 0.717) is 0 Å². The molecule has 1 aliphatic carbocycles. The van der Waals surface area contributed by atoms with E-state index < -0.39 is 0 Å². The summed E-state index contributed by atoms with van der Waals surface area (Å²) >= 11 is 0. The van der Waals surface area contributed by atoms with Crippen molar-refractivity contribution in [1.29, 1.82) is 0 Å². The van der Waals surface area contributed by atoms with E-state index in [4.69, 9.17) is 0 Å². The summed E-state index contributed by atoms with van der Waals surface area (Å²) in [6.45, 7) is 7.51. The fourth-order valence-corrected chi connectivity index (χ4v) is 1.67. The monoisotopic (exact) mass is 174 g/mol. The van der Waals surface area contributed by atoms with E-state index in [0.717, 1.165) is 6.42 Å². The van der Waals surface area contributed by atoms with Crippen LogP contribution in [0.4, 0.5) is 0 Å². The van der Waals surface area contributed by atoms with Gasteiger partial charge in [-0.15, -0.1) is 12.3 Å². The molecule has 0 saturated heterocycles. The summed E-state index contributed by atoms with van der Waals surface area (Å²) in [6.07, 6.45) is 11.2. The number of hydrogen-bond donors (Lipinski definition) is 0. The third-order valence-electron chi connectivity index (χ3n) is 2.41. The van der Waals surface area contributed by atoms with Crippen molar-refractivity contribution >= 4 is 0 Å². The number of rotatable bonds is 3. The number of allylic oxidation sites excluding steroid dienone is 3. The molecule has 0 N–H and O–H groups in total. The van der Waals surface area contributed by atoms with Gasteiger partial charge in [0.2, 0.25) is 0 Å². The number of hydrogen-bond acceptors (Lipinski definition) is 0. The van der Waals surface area contributed by atoms with Crippen molar-refractivity contribution in [3.63, 3.8) is 0 Å². The van der Waals surface area contributed by atoms with E-state index in [-0.39, 0.29) is 0 Å². The van der Waals surface area contributed by atoms with Crippen LogP contribution in [0.2, 0.25) is 0 Å². The quantitative estimate of drug-likeness (QED) is 0.342. The molecule has 13 heavy (non-hydrogen) atoms. The lowest BCUT2D eigenvalue weighted by Gasteiger charge is -2.10.